The van der Waals surface area contributed by atoms with Crippen LogP contribution in [0.5, 0.6) is 0 Å². The number of nitrogens with one attached hydrogen (secondary N) is 1. The topological polar surface area (TPSA) is 116 Å². The molecule has 1 aromatic carbocycles. The number of imidazole rings is 1. The first-order valence-electron chi connectivity index (χ1n) is 11.6. The van der Waals surface area contributed by atoms with Gasteiger partial charge in [0.2, 0.25) is 0 Å². The highest BCUT2D eigenvalue weighted by molar-refractivity contribution is 6.03. The second-order valence-corrected chi connectivity index (χ2v) is 8.69. The summed E-state index contributed by atoms with van der Waals surface area (Å²) in [4.78, 5) is 17.8. The third-order valence-electron chi connectivity index (χ3n) is 5.75. The summed E-state index contributed by atoms with van der Waals surface area (Å²) >= 11 is 0. The Labute approximate surface area is 195 Å². The molecule has 0 aliphatic heterocycles. The molecule has 3 rings (SSSR count). The van der Waals surface area contributed by atoms with Crippen LogP contribution in [0.1, 0.15) is 56.9 Å². The van der Waals surface area contributed by atoms with Gasteiger partial charge in [0.25, 0.3) is 0 Å². The first-order valence-corrected chi connectivity index (χ1v) is 11.6. The quantitative estimate of drug-likeness (QED) is 0.190. The lowest BCUT2D eigenvalue weighted by molar-refractivity contribution is 0.502. The zero-order chi connectivity index (χ0) is 23.8. The van der Waals surface area contributed by atoms with Gasteiger partial charge in [-0.25, -0.2) is 10.6 Å². The van der Waals surface area contributed by atoms with E-state index in [9.17, 15) is 4.79 Å². The smallest absolute Gasteiger partial charge is 0.321 e. The van der Waals surface area contributed by atoms with Gasteiger partial charge in [0.15, 0.2) is 5.84 Å². The van der Waals surface area contributed by atoms with Gasteiger partial charge in [-0.05, 0) is 36.8 Å². The number of hydrogen-bond acceptors (Lipinski definition) is 5. The number of amidine groups is 1. The average Bonchev–Trinajstić information content (AvgIpc) is 3.12. The Hall–Kier alpha value is -3.39. The summed E-state index contributed by atoms with van der Waals surface area (Å²) in [6, 6.07) is 11.6. The van der Waals surface area contributed by atoms with Crippen molar-refractivity contribution in [3.63, 3.8) is 0 Å². The molecule has 5 N–H and O–H groups in total. The van der Waals surface area contributed by atoms with E-state index in [4.69, 9.17) is 11.7 Å². The summed E-state index contributed by atoms with van der Waals surface area (Å²) < 4.78 is 3.74. The lowest BCUT2D eigenvalue weighted by atomic mass is 10.0. The maximum absolute atomic E-state index is 13.1. The molecule has 0 amide bonds. The number of hydrogen-bond donors (Lipinski definition) is 3. The summed E-state index contributed by atoms with van der Waals surface area (Å²) in [6.45, 7) is 7.77. The molecule has 0 saturated heterocycles. The average molecular weight is 450 g/mol. The number of hydrazone groups is 1. The lowest BCUT2D eigenvalue weighted by Gasteiger charge is -2.11. The number of aromatic nitrogens is 3. The van der Waals surface area contributed by atoms with Crippen molar-refractivity contribution in [1.29, 1.82) is 0 Å². The van der Waals surface area contributed by atoms with Crippen molar-refractivity contribution in [2.24, 2.45) is 22.7 Å². The molecule has 0 aliphatic carbocycles. The second-order valence-electron chi connectivity index (χ2n) is 8.69. The number of unbranched alkanes of at least 4 members (excludes halogenated alkanes) is 1. The van der Waals surface area contributed by atoms with Crippen molar-refractivity contribution in [1.82, 2.24) is 19.5 Å². The maximum Gasteiger partial charge on any atom is 0.328 e. The fourth-order valence-electron chi connectivity index (χ4n) is 3.82. The van der Waals surface area contributed by atoms with Crippen molar-refractivity contribution < 1.29 is 0 Å². The van der Waals surface area contributed by atoms with E-state index in [1.54, 1.807) is 0 Å². The van der Waals surface area contributed by atoms with Crippen molar-refractivity contribution >= 4 is 5.84 Å². The fraction of sp³-hybridized carbons (Fsp3) is 0.400. The number of benzene rings is 1. The Bertz CT molecular complexity index is 1130. The van der Waals surface area contributed by atoms with E-state index >= 15 is 0 Å². The minimum atomic E-state index is 0.0500. The van der Waals surface area contributed by atoms with Gasteiger partial charge in [-0.3, -0.25) is 14.1 Å². The Morgan fingerprint density at radius 3 is 2.64 bits per heavy atom. The van der Waals surface area contributed by atoms with Crippen LogP contribution in [0.3, 0.4) is 0 Å². The third-order valence-corrected chi connectivity index (χ3v) is 5.75. The maximum atomic E-state index is 13.1. The molecule has 0 fully saturated rings. The van der Waals surface area contributed by atoms with Crippen LogP contribution in [-0.2, 0) is 19.5 Å². The predicted molar refractivity (Wildman–Crippen MR) is 134 cm³/mol. The summed E-state index contributed by atoms with van der Waals surface area (Å²) in [5, 5.41) is 3.72. The molecule has 0 radical (unpaired) electrons. The number of aryl methyl sites for hydroxylation is 2. The van der Waals surface area contributed by atoms with Crippen molar-refractivity contribution in [3.05, 3.63) is 76.1 Å². The van der Waals surface area contributed by atoms with E-state index in [0.717, 1.165) is 60.3 Å². The number of nitrogens with zero attached hydrogens (tertiary/aromatic N) is 4. The zero-order valence-electron chi connectivity index (χ0n) is 19.8. The Balaban J connectivity index is 1.88. The molecule has 176 valence electrons. The Morgan fingerprint density at radius 1 is 1.21 bits per heavy atom. The summed E-state index contributed by atoms with van der Waals surface area (Å²) in [7, 11) is 0. The molecular formula is C25H35N7O. The van der Waals surface area contributed by atoms with Gasteiger partial charge in [-0.2, -0.15) is 5.10 Å². The van der Waals surface area contributed by atoms with Gasteiger partial charge in [0.05, 0.1) is 12.2 Å². The largest absolute Gasteiger partial charge is 0.328 e. The molecule has 0 aliphatic rings. The predicted octanol–water partition coefficient (Wildman–Crippen LogP) is 3.23. The van der Waals surface area contributed by atoms with Crippen molar-refractivity contribution in [2.45, 2.75) is 59.5 Å². The van der Waals surface area contributed by atoms with E-state index < -0.39 is 0 Å². The highest BCUT2D eigenvalue weighted by atomic mass is 16.1. The normalized spacial score (nSPS) is 11.8. The molecule has 0 spiro atoms. The second kappa shape index (κ2) is 11.5. The van der Waals surface area contributed by atoms with Crippen LogP contribution in [-0.4, -0.2) is 20.0 Å². The molecule has 3 aromatic rings. The van der Waals surface area contributed by atoms with Crippen LogP contribution in [0.4, 0.5) is 0 Å². The molecule has 8 heteroatoms. The molecule has 0 saturated carbocycles. The monoisotopic (exact) mass is 449 g/mol. The van der Waals surface area contributed by atoms with E-state index in [0.29, 0.717) is 18.3 Å². The van der Waals surface area contributed by atoms with E-state index in [-0.39, 0.29) is 5.69 Å². The van der Waals surface area contributed by atoms with Crippen LogP contribution in [0.2, 0.25) is 0 Å². The standard InChI is InChI=1S/C25H35N7O/c1-4-5-8-20-17-31(14-13-18(2)3)25(33)32(20)16-19-11-12-23(28-15-19)21-9-6-7-10-22(21)24(29-26)30-27/h6-7,9-12,15,17-18H,4-5,8,13-14,16,26-27H2,1-3H3,(H,29,30). The van der Waals surface area contributed by atoms with Crippen molar-refractivity contribution in [3.8, 4) is 11.3 Å². The molecule has 33 heavy (non-hydrogen) atoms. The molecule has 2 heterocycles. The molecular weight excluding hydrogens is 414 g/mol. The summed E-state index contributed by atoms with van der Waals surface area (Å²) in [5.41, 5.74) is 7.04. The lowest BCUT2D eigenvalue weighted by Crippen LogP contribution is -2.32. The van der Waals surface area contributed by atoms with Crippen LogP contribution in [0.15, 0.2) is 58.7 Å². The SMILES string of the molecule is CCCCc1cn(CCC(C)C)c(=O)n1Cc1ccc(-c2ccccc2/C(=N/N)NN)nc1. The van der Waals surface area contributed by atoms with Gasteiger partial charge in [-0.15, -0.1) is 0 Å². The third kappa shape index (κ3) is 5.90. The minimum Gasteiger partial charge on any atom is -0.321 e. The highest BCUT2D eigenvalue weighted by Gasteiger charge is 2.14. The molecule has 0 atom stereocenters. The highest BCUT2D eigenvalue weighted by Crippen LogP contribution is 2.22. The zero-order valence-corrected chi connectivity index (χ0v) is 19.8. The van der Waals surface area contributed by atoms with Gasteiger partial charge in [-0.1, -0.05) is 57.5 Å². The molecule has 8 nitrogen and oxygen atoms in total. The molecule has 0 unspecified atom stereocenters. The van der Waals surface area contributed by atoms with Crippen LogP contribution >= 0.6 is 0 Å². The van der Waals surface area contributed by atoms with Crippen LogP contribution in [0, 0.1) is 5.92 Å². The van der Waals surface area contributed by atoms with Gasteiger partial charge in [0.1, 0.15) is 0 Å². The Morgan fingerprint density at radius 2 is 2.00 bits per heavy atom. The van der Waals surface area contributed by atoms with Crippen LogP contribution in [0.25, 0.3) is 11.3 Å². The minimum absolute atomic E-state index is 0.0500. The van der Waals surface area contributed by atoms with Gasteiger partial charge < -0.3 is 11.3 Å². The molecule has 2 aromatic heterocycles. The number of rotatable bonds is 10. The first-order chi connectivity index (χ1) is 16.0. The van der Waals surface area contributed by atoms with E-state index in [1.807, 2.05) is 57.9 Å². The summed E-state index contributed by atoms with van der Waals surface area (Å²) in [5.74, 6) is 12.0. The number of pyridine rings is 1. The number of nitrogens with two attached hydrogens (primary N) is 2. The van der Waals surface area contributed by atoms with Crippen LogP contribution < -0.4 is 22.8 Å². The summed E-state index contributed by atoms with van der Waals surface area (Å²) in [6.07, 6.45) is 7.88. The fourth-order valence-corrected chi connectivity index (χ4v) is 3.82. The molecule has 0 bridgehead atoms. The van der Waals surface area contributed by atoms with Gasteiger partial charge in [0, 0.05) is 35.8 Å². The van der Waals surface area contributed by atoms with Gasteiger partial charge >= 0.3 is 5.69 Å². The first kappa shape index (κ1) is 24.3. The Kier molecular flexibility index (Phi) is 8.43. The van der Waals surface area contributed by atoms with Crippen molar-refractivity contribution in [2.75, 3.05) is 0 Å². The van der Waals surface area contributed by atoms with E-state index in [2.05, 4.69) is 36.3 Å². The van der Waals surface area contributed by atoms with E-state index in [1.165, 1.54) is 0 Å². The number of hydrazine groups is 1.